The van der Waals surface area contributed by atoms with Crippen LogP contribution in [0, 0.1) is 0 Å². The predicted octanol–water partition coefficient (Wildman–Crippen LogP) is 3.05. The van der Waals surface area contributed by atoms with E-state index in [9.17, 15) is 0 Å². The number of rotatable bonds is 4. The van der Waals surface area contributed by atoms with Crippen LogP contribution in [0.15, 0.2) is 12.1 Å². The summed E-state index contributed by atoms with van der Waals surface area (Å²) in [5, 5.41) is 0. The van der Waals surface area contributed by atoms with Gasteiger partial charge in [0, 0.05) is 6.54 Å². The van der Waals surface area contributed by atoms with E-state index in [1.54, 1.807) is 0 Å². The average Bonchev–Trinajstić information content (AvgIpc) is 2.55. The Morgan fingerprint density at radius 3 is 2.16 bits per heavy atom. The van der Waals surface area contributed by atoms with Crippen LogP contribution >= 0.6 is 0 Å². The second-order valence-corrected chi connectivity index (χ2v) is 6.74. The van der Waals surface area contributed by atoms with Crippen LogP contribution in [0.25, 0.3) is 0 Å². The van der Waals surface area contributed by atoms with E-state index in [2.05, 4.69) is 44.6 Å². The first-order valence-electron chi connectivity index (χ1n) is 7.65. The zero-order valence-corrected chi connectivity index (χ0v) is 12.9. The molecule has 4 heteroatoms. The first-order valence-corrected chi connectivity index (χ1v) is 7.65. The maximum atomic E-state index is 5.93. The zero-order chi connectivity index (χ0) is 13.9. The molecule has 2 rings (SSSR count). The van der Waals surface area contributed by atoms with Gasteiger partial charge in [-0.1, -0.05) is 18.5 Å². The Labute approximate surface area is 118 Å². The van der Waals surface area contributed by atoms with Crippen molar-refractivity contribution in [2.45, 2.75) is 64.6 Å². The topological polar surface area (TPSA) is 21.7 Å². The summed E-state index contributed by atoms with van der Waals surface area (Å²) in [6.45, 7) is 12.1. The molecule has 19 heavy (non-hydrogen) atoms. The average molecular weight is 265 g/mol. The molecule has 0 aromatic heterocycles. The van der Waals surface area contributed by atoms with Crippen molar-refractivity contribution < 1.29 is 9.31 Å². The van der Waals surface area contributed by atoms with Crippen LogP contribution < -0.4 is 0 Å². The van der Waals surface area contributed by atoms with Gasteiger partial charge < -0.3 is 14.2 Å². The molecule has 0 atom stereocenters. The maximum absolute atomic E-state index is 5.93. The molecule has 2 heterocycles. The standard InChI is InChI=1S/C15H28BNO2/c1-14(2)15(3,4)19-16(18-14)10-6-9-13-17-11-7-5-8-12-17/h6,10H,5,7-9,11-13H2,1-4H3. The van der Waals surface area contributed by atoms with Crippen molar-refractivity contribution in [2.75, 3.05) is 19.6 Å². The van der Waals surface area contributed by atoms with Crippen molar-refractivity contribution in [1.29, 1.82) is 0 Å². The summed E-state index contributed by atoms with van der Waals surface area (Å²) in [5.41, 5.74) is -0.455. The number of hydrogen-bond acceptors (Lipinski definition) is 3. The Balaban J connectivity index is 1.72. The molecule has 0 saturated carbocycles. The Morgan fingerprint density at radius 2 is 1.58 bits per heavy atom. The molecule has 0 aromatic carbocycles. The lowest BCUT2D eigenvalue weighted by Gasteiger charge is -2.32. The van der Waals surface area contributed by atoms with E-state index < -0.39 is 0 Å². The van der Waals surface area contributed by atoms with E-state index in [-0.39, 0.29) is 18.3 Å². The van der Waals surface area contributed by atoms with Crippen molar-refractivity contribution in [2.24, 2.45) is 0 Å². The second-order valence-electron chi connectivity index (χ2n) is 6.74. The van der Waals surface area contributed by atoms with Crippen molar-refractivity contribution in [3.8, 4) is 0 Å². The number of nitrogens with zero attached hydrogens (tertiary/aromatic N) is 1. The van der Waals surface area contributed by atoms with Gasteiger partial charge in [0.1, 0.15) is 0 Å². The minimum absolute atomic E-state index is 0.189. The maximum Gasteiger partial charge on any atom is 0.486 e. The Morgan fingerprint density at radius 1 is 1.00 bits per heavy atom. The van der Waals surface area contributed by atoms with Gasteiger partial charge in [-0.15, -0.1) is 0 Å². The fourth-order valence-electron chi connectivity index (χ4n) is 2.61. The minimum atomic E-state index is -0.227. The molecule has 0 amide bonds. The van der Waals surface area contributed by atoms with Gasteiger partial charge >= 0.3 is 7.12 Å². The lowest BCUT2D eigenvalue weighted by molar-refractivity contribution is 0.00578. The third kappa shape index (κ3) is 3.83. The van der Waals surface area contributed by atoms with Crippen LogP contribution in [0.4, 0.5) is 0 Å². The molecule has 0 N–H and O–H groups in total. The second kappa shape index (κ2) is 5.98. The van der Waals surface area contributed by atoms with Crippen molar-refractivity contribution >= 4 is 7.12 Å². The molecule has 3 nitrogen and oxygen atoms in total. The molecule has 0 spiro atoms. The molecule has 0 aliphatic carbocycles. The van der Waals surface area contributed by atoms with E-state index in [4.69, 9.17) is 9.31 Å². The van der Waals surface area contributed by atoms with Crippen LogP contribution in [0.1, 0.15) is 53.4 Å². The third-order valence-corrected chi connectivity index (χ3v) is 4.63. The van der Waals surface area contributed by atoms with Gasteiger partial charge in [0.05, 0.1) is 11.2 Å². The van der Waals surface area contributed by atoms with E-state index in [1.165, 1.54) is 32.4 Å². The molecule has 0 unspecified atom stereocenters. The molecule has 108 valence electrons. The summed E-state index contributed by atoms with van der Waals surface area (Å²) < 4.78 is 11.9. The summed E-state index contributed by atoms with van der Waals surface area (Å²) in [6.07, 6.45) is 7.42. The largest absolute Gasteiger partial charge is 0.486 e. The summed E-state index contributed by atoms with van der Waals surface area (Å²) in [7, 11) is -0.189. The normalized spacial score (nSPS) is 27.3. The number of piperidine rings is 1. The summed E-state index contributed by atoms with van der Waals surface area (Å²) >= 11 is 0. The third-order valence-electron chi connectivity index (χ3n) is 4.63. The highest BCUT2D eigenvalue weighted by Gasteiger charge is 2.49. The zero-order valence-electron chi connectivity index (χ0n) is 12.9. The fraction of sp³-hybridized carbons (Fsp3) is 0.867. The quantitative estimate of drug-likeness (QED) is 0.729. The van der Waals surface area contributed by atoms with Crippen LogP contribution in [0.3, 0.4) is 0 Å². The molecule has 2 aliphatic heterocycles. The lowest BCUT2D eigenvalue weighted by atomic mass is 9.90. The van der Waals surface area contributed by atoms with Gasteiger partial charge in [-0.25, -0.2) is 0 Å². The van der Waals surface area contributed by atoms with Gasteiger partial charge in [-0.05, 0) is 60.0 Å². The number of hydrogen-bond donors (Lipinski definition) is 0. The van der Waals surface area contributed by atoms with E-state index in [1.807, 2.05) is 0 Å². The number of likely N-dealkylation sites (tertiary alicyclic amines) is 1. The highest BCUT2D eigenvalue weighted by atomic mass is 16.7. The van der Waals surface area contributed by atoms with Crippen LogP contribution in [0.2, 0.25) is 0 Å². The van der Waals surface area contributed by atoms with Crippen LogP contribution in [-0.4, -0.2) is 42.9 Å². The lowest BCUT2D eigenvalue weighted by Crippen LogP contribution is -2.41. The smallest absolute Gasteiger partial charge is 0.400 e. The molecule has 0 radical (unpaired) electrons. The summed E-state index contributed by atoms with van der Waals surface area (Å²) in [5.74, 6) is 2.07. The summed E-state index contributed by atoms with van der Waals surface area (Å²) in [4.78, 5) is 2.55. The first-order chi connectivity index (χ1) is 8.91. The highest BCUT2D eigenvalue weighted by Crippen LogP contribution is 2.36. The van der Waals surface area contributed by atoms with Crippen molar-refractivity contribution in [3.63, 3.8) is 0 Å². The van der Waals surface area contributed by atoms with Gasteiger partial charge in [-0.2, -0.15) is 0 Å². The Hall–Kier alpha value is -0.315. The van der Waals surface area contributed by atoms with Gasteiger partial charge in [-0.3, -0.25) is 0 Å². The van der Waals surface area contributed by atoms with E-state index in [0.29, 0.717) is 0 Å². The Kier molecular flexibility index (Phi) is 4.75. The molecule has 2 aliphatic rings. The van der Waals surface area contributed by atoms with Crippen molar-refractivity contribution in [1.82, 2.24) is 4.90 Å². The molecule has 0 aromatic rings. The Bertz CT molecular complexity index is 306. The SMILES string of the molecule is CC1(C)OB(C=CCCN2CCCCC2)OC1(C)C. The molecular formula is C15H28BNO2. The van der Waals surface area contributed by atoms with E-state index >= 15 is 0 Å². The van der Waals surface area contributed by atoms with Crippen molar-refractivity contribution in [3.05, 3.63) is 12.1 Å². The van der Waals surface area contributed by atoms with Gasteiger partial charge in [0.2, 0.25) is 0 Å². The fourth-order valence-corrected chi connectivity index (χ4v) is 2.61. The summed E-state index contributed by atoms with van der Waals surface area (Å²) in [6, 6.07) is 0. The first kappa shape index (κ1) is 15.1. The van der Waals surface area contributed by atoms with E-state index in [0.717, 1.165) is 13.0 Å². The van der Waals surface area contributed by atoms with Crippen LogP contribution in [0.5, 0.6) is 0 Å². The molecular weight excluding hydrogens is 237 g/mol. The highest BCUT2D eigenvalue weighted by molar-refractivity contribution is 6.51. The minimum Gasteiger partial charge on any atom is -0.400 e. The van der Waals surface area contributed by atoms with Gasteiger partial charge in [0.15, 0.2) is 0 Å². The molecule has 2 saturated heterocycles. The predicted molar refractivity (Wildman–Crippen MR) is 80.1 cm³/mol. The van der Waals surface area contributed by atoms with Crippen LogP contribution in [-0.2, 0) is 9.31 Å². The van der Waals surface area contributed by atoms with Gasteiger partial charge in [0.25, 0.3) is 0 Å². The monoisotopic (exact) mass is 265 g/mol. The molecule has 0 bridgehead atoms. The molecule has 2 fully saturated rings.